The van der Waals surface area contributed by atoms with Crippen LogP contribution in [0, 0.1) is 3.57 Å². The van der Waals surface area contributed by atoms with E-state index in [1.807, 2.05) is 24.3 Å². The molecule has 1 aliphatic rings. The first kappa shape index (κ1) is 18.5. The Morgan fingerprint density at radius 3 is 2.63 bits per heavy atom. The standard InChI is InChI=1S/C18H13Cl2IN4O2/c19-13-5-11(15-7-16(26)24-18-22-9-23-25(15)18)6-14(20)17(13)27-8-10-1-3-12(21)4-2-10/h1-6,9,15H,7-8H2,(H,22,23,24,26)/t15-/m1/s1. The van der Waals surface area contributed by atoms with Crippen molar-refractivity contribution in [3.63, 3.8) is 0 Å². The van der Waals surface area contributed by atoms with Gasteiger partial charge in [0.25, 0.3) is 0 Å². The number of rotatable bonds is 4. The Balaban J connectivity index is 1.59. The molecule has 3 aromatic rings. The lowest BCUT2D eigenvalue weighted by Crippen LogP contribution is -2.29. The SMILES string of the molecule is O=C1C[C@H](c2cc(Cl)c(OCc3ccc(I)cc3)c(Cl)c2)n2ncnc2N1. The minimum absolute atomic E-state index is 0.133. The first-order valence-corrected chi connectivity index (χ1v) is 9.90. The van der Waals surface area contributed by atoms with E-state index in [-0.39, 0.29) is 18.4 Å². The monoisotopic (exact) mass is 514 g/mol. The first-order chi connectivity index (χ1) is 13.0. The molecular weight excluding hydrogens is 502 g/mol. The summed E-state index contributed by atoms with van der Waals surface area (Å²) in [7, 11) is 0. The number of hydrogen-bond donors (Lipinski definition) is 1. The molecule has 0 saturated carbocycles. The second-order valence-electron chi connectivity index (χ2n) is 6.03. The second kappa shape index (κ2) is 7.65. The molecule has 0 aliphatic carbocycles. The molecule has 2 aromatic carbocycles. The Bertz CT molecular complexity index is 984. The van der Waals surface area contributed by atoms with Crippen LogP contribution in [0.4, 0.5) is 5.95 Å². The fourth-order valence-electron chi connectivity index (χ4n) is 2.91. The number of nitrogens with one attached hydrogen (secondary N) is 1. The quantitative estimate of drug-likeness (QED) is 0.512. The van der Waals surface area contributed by atoms with E-state index < -0.39 is 0 Å². The molecule has 1 N–H and O–H groups in total. The van der Waals surface area contributed by atoms with Gasteiger partial charge in [-0.2, -0.15) is 10.1 Å². The van der Waals surface area contributed by atoms with E-state index in [1.54, 1.807) is 16.8 Å². The minimum atomic E-state index is -0.323. The number of nitrogens with zero attached hydrogens (tertiary/aromatic N) is 3. The summed E-state index contributed by atoms with van der Waals surface area (Å²) >= 11 is 15.1. The van der Waals surface area contributed by atoms with Crippen molar-refractivity contribution < 1.29 is 9.53 Å². The van der Waals surface area contributed by atoms with Crippen LogP contribution in [0.1, 0.15) is 23.6 Å². The van der Waals surface area contributed by atoms with Crippen LogP contribution in [0.2, 0.25) is 10.0 Å². The topological polar surface area (TPSA) is 69.0 Å². The maximum atomic E-state index is 11.9. The largest absolute Gasteiger partial charge is 0.486 e. The number of anilines is 1. The Labute approximate surface area is 179 Å². The Morgan fingerprint density at radius 2 is 1.93 bits per heavy atom. The number of aromatic nitrogens is 3. The second-order valence-corrected chi connectivity index (χ2v) is 8.09. The maximum absolute atomic E-state index is 11.9. The molecule has 2 heterocycles. The van der Waals surface area contributed by atoms with Crippen LogP contribution in [0.15, 0.2) is 42.7 Å². The third-order valence-electron chi connectivity index (χ3n) is 4.20. The molecule has 0 fully saturated rings. The van der Waals surface area contributed by atoms with E-state index in [0.29, 0.717) is 28.3 Å². The van der Waals surface area contributed by atoms with Gasteiger partial charge in [-0.25, -0.2) is 4.68 Å². The number of carbonyl (C=O) groups excluding carboxylic acids is 1. The van der Waals surface area contributed by atoms with Crippen molar-refractivity contribution in [2.24, 2.45) is 0 Å². The van der Waals surface area contributed by atoms with E-state index in [4.69, 9.17) is 27.9 Å². The molecule has 1 amide bonds. The highest BCUT2D eigenvalue weighted by atomic mass is 127. The third kappa shape index (κ3) is 3.90. The van der Waals surface area contributed by atoms with Gasteiger partial charge in [-0.15, -0.1) is 0 Å². The van der Waals surface area contributed by atoms with Gasteiger partial charge in [0, 0.05) is 3.57 Å². The van der Waals surface area contributed by atoms with Gasteiger partial charge in [-0.1, -0.05) is 35.3 Å². The van der Waals surface area contributed by atoms with Crippen molar-refractivity contribution in [2.45, 2.75) is 19.1 Å². The lowest BCUT2D eigenvalue weighted by molar-refractivity contribution is -0.117. The fraction of sp³-hybridized carbons (Fsp3) is 0.167. The highest BCUT2D eigenvalue weighted by molar-refractivity contribution is 14.1. The van der Waals surface area contributed by atoms with E-state index >= 15 is 0 Å². The third-order valence-corrected chi connectivity index (χ3v) is 5.48. The summed E-state index contributed by atoms with van der Waals surface area (Å²) < 4.78 is 8.63. The minimum Gasteiger partial charge on any atom is -0.486 e. The number of halogens is 3. The molecule has 6 nitrogen and oxygen atoms in total. The average molecular weight is 515 g/mol. The summed E-state index contributed by atoms with van der Waals surface area (Å²) in [6.07, 6.45) is 1.63. The maximum Gasteiger partial charge on any atom is 0.229 e. The van der Waals surface area contributed by atoms with Crippen molar-refractivity contribution in [3.05, 3.63) is 67.5 Å². The zero-order valence-corrected chi connectivity index (χ0v) is 17.5. The first-order valence-electron chi connectivity index (χ1n) is 8.07. The van der Waals surface area contributed by atoms with Gasteiger partial charge < -0.3 is 4.74 Å². The number of ether oxygens (including phenoxy) is 1. The Kier molecular flexibility index (Phi) is 5.25. The van der Waals surface area contributed by atoms with Gasteiger partial charge in [-0.3, -0.25) is 10.1 Å². The lowest BCUT2D eigenvalue weighted by Gasteiger charge is -2.24. The predicted molar refractivity (Wildman–Crippen MR) is 111 cm³/mol. The van der Waals surface area contributed by atoms with Crippen LogP contribution in [0.3, 0.4) is 0 Å². The van der Waals surface area contributed by atoms with Crippen LogP contribution in [0.25, 0.3) is 0 Å². The zero-order chi connectivity index (χ0) is 19.0. The normalized spacial score (nSPS) is 16.0. The molecule has 0 saturated heterocycles. The van der Waals surface area contributed by atoms with Crippen molar-refractivity contribution >= 4 is 57.6 Å². The molecule has 1 aliphatic heterocycles. The van der Waals surface area contributed by atoms with Crippen molar-refractivity contribution in [1.29, 1.82) is 0 Å². The van der Waals surface area contributed by atoms with Crippen molar-refractivity contribution in [2.75, 3.05) is 5.32 Å². The molecule has 0 spiro atoms. The summed E-state index contributed by atoms with van der Waals surface area (Å²) in [6.45, 7) is 0.356. The van der Waals surface area contributed by atoms with E-state index in [9.17, 15) is 4.79 Å². The summed E-state index contributed by atoms with van der Waals surface area (Å²) in [4.78, 5) is 16.0. The molecule has 0 radical (unpaired) electrons. The van der Waals surface area contributed by atoms with Gasteiger partial charge in [0.15, 0.2) is 5.75 Å². The van der Waals surface area contributed by atoms with E-state index in [0.717, 1.165) is 14.7 Å². The molecule has 138 valence electrons. The molecule has 1 aromatic heterocycles. The van der Waals surface area contributed by atoms with E-state index in [2.05, 4.69) is 38.0 Å². The van der Waals surface area contributed by atoms with Crippen LogP contribution < -0.4 is 10.1 Å². The molecule has 9 heteroatoms. The lowest BCUT2D eigenvalue weighted by atomic mass is 10.0. The molecular formula is C18H13Cl2IN4O2. The smallest absolute Gasteiger partial charge is 0.229 e. The number of amides is 1. The number of fused-ring (bicyclic) bond motifs is 1. The summed E-state index contributed by atoms with van der Waals surface area (Å²) in [5.74, 6) is 0.689. The Morgan fingerprint density at radius 1 is 1.22 bits per heavy atom. The molecule has 0 bridgehead atoms. The Hall–Kier alpha value is -1.84. The molecule has 1 atom stereocenters. The summed E-state index contributed by atoms with van der Waals surface area (Å²) in [6, 6.07) is 11.2. The van der Waals surface area contributed by atoms with Gasteiger partial charge in [-0.05, 0) is 58.0 Å². The number of hydrogen-bond acceptors (Lipinski definition) is 4. The molecule has 4 rings (SSSR count). The van der Waals surface area contributed by atoms with Crippen molar-refractivity contribution in [1.82, 2.24) is 14.8 Å². The van der Waals surface area contributed by atoms with Crippen LogP contribution in [-0.2, 0) is 11.4 Å². The molecule has 0 unspecified atom stereocenters. The van der Waals surface area contributed by atoms with Crippen LogP contribution in [0.5, 0.6) is 5.75 Å². The van der Waals surface area contributed by atoms with Gasteiger partial charge in [0.1, 0.15) is 12.9 Å². The van der Waals surface area contributed by atoms with Crippen LogP contribution >= 0.6 is 45.8 Å². The fourth-order valence-corrected chi connectivity index (χ4v) is 3.88. The number of carbonyl (C=O) groups is 1. The summed E-state index contributed by atoms with van der Waals surface area (Å²) in [5, 5.41) is 7.64. The van der Waals surface area contributed by atoms with E-state index in [1.165, 1.54) is 6.33 Å². The van der Waals surface area contributed by atoms with Gasteiger partial charge >= 0.3 is 0 Å². The molecule has 27 heavy (non-hydrogen) atoms. The van der Waals surface area contributed by atoms with Gasteiger partial charge in [0.2, 0.25) is 11.9 Å². The average Bonchev–Trinajstić information content (AvgIpc) is 3.10. The zero-order valence-electron chi connectivity index (χ0n) is 13.8. The number of benzene rings is 2. The summed E-state index contributed by atoms with van der Waals surface area (Å²) in [5.41, 5.74) is 1.79. The highest BCUT2D eigenvalue weighted by Gasteiger charge is 2.28. The predicted octanol–water partition coefficient (Wildman–Crippen LogP) is 4.70. The van der Waals surface area contributed by atoms with Gasteiger partial charge in [0.05, 0.1) is 22.5 Å². The van der Waals surface area contributed by atoms with Crippen LogP contribution in [-0.4, -0.2) is 20.7 Å². The highest BCUT2D eigenvalue weighted by Crippen LogP contribution is 2.39. The van der Waals surface area contributed by atoms with Crippen molar-refractivity contribution in [3.8, 4) is 5.75 Å².